The molecule has 0 aliphatic heterocycles. The predicted octanol–water partition coefficient (Wildman–Crippen LogP) is 4.78. The molecule has 5 nitrogen and oxygen atoms in total. The third-order valence-corrected chi connectivity index (χ3v) is 5.90. The van der Waals surface area contributed by atoms with Gasteiger partial charge in [0.25, 0.3) is 11.1 Å². The summed E-state index contributed by atoms with van der Waals surface area (Å²) in [5.41, 5.74) is 1.94. The van der Waals surface area contributed by atoms with Gasteiger partial charge in [-0.3, -0.25) is 18.4 Å². The van der Waals surface area contributed by atoms with Gasteiger partial charge in [-0.1, -0.05) is 37.5 Å². The van der Waals surface area contributed by atoms with E-state index in [9.17, 15) is 14.0 Å². The molecule has 4 aromatic rings. The fourth-order valence-corrected chi connectivity index (χ4v) is 4.53. The number of fused-ring (bicyclic) bond motifs is 2. The van der Waals surface area contributed by atoms with Crippen LogP contribution in [0.5, 0.6) is 0 Å². The van der Waals surface area contributed by atoms with Crippen LogP contribution >= 0.6 is 11.5 Å². The number of nitriles is 1. The van der Waals surface area contributed by atoms with Gasteiger partial charge in [0, 0.05) is 11.8 Å². The zero-order valence-corrected chi connectivity index (χ0v) is 16.8. The van der Waals surface area contributed by atoms with Gasteiger partial charge in [-0.05, 0) is 48.1 Å². The third-order valence-electron chi connectivity index (χ3n) is 4.98. The fourth-order valence-electron chi connectivity index (χ4n) is 3.57. The lowest BCUT2D eigenvalue weighted by molar-refractivity contribution is 0.621. The Hall–Kier alpha value is -3.24. The Kier molecular flexibility index (Phi) is 4.81. The smallest absolute Gasteiger partial charge is 0.271 e. The van der Waals surface area contributed by atoms with Gasteiger partial charge in [-0.2, -0.15) is 5.26 Å². The van der Waals surface area contributed by atoms with Crippen molar-refractivity contribution in [3.8, 4) is 17.2 Å². The number of H-pyrrole nitrogens is 1. The first-order valence-corrected chi connectivity index (χ1v) is 10.3. The third kappa shape index (κ3) is 3.06. The van der Waals surface area contributed by atoms with Crippen molar-refractivity contribution in [2.75, 3.05) is 0 Å². The van der Waals surface area contributed by atoms with Crippen LogP contribution in [0.3, 0.4) is 0 Å². The van der Waals surface area contributed by atoms with Crippen LogP contribution in [0.4, 0.5) is 4.39 Å². The number of hydrogen-bond donors (Lipinski definition) is 1. The van der Waals surface area contributed by atoms with E-state index in [0.29, 0.717) is 26.9 Å². The van der Waals surface area contributed by atoms with E-state index in [0.717, 1.165) is 36.1 Å². The highest BCUT2D eigenvalue weighted by molar-refractivity contribution is 7.13. The fraction of sp³-hybridized carbons (Fsp3) is 0.227. The molecule has 1 aliphatic carbocycles. The molecule has 29 heavy (non-hydrogen) atoms. The van der Waals surface area contributed by atoms with Gasteiger partial charge < -0.3 is 0 Å². The van der Waals surface area contributed by atoms with Crippen molar-refractivity contribution in [1.29, 1.82) is 5.26 Å². The van der Waals surface area contributed by atoms with Crippen LogP contribution in [0.15, 0.2) is 46.1 Å². The molecule has 5 rings (SSSR count). The summed E-state index contributed by atoms with van der Waals surface area (Å²) in [7, 11) is 0. The number of pyridine rings is 2. The van der Waals surface area contributed by atoms with Gasteiger partial charge in [0.05, 0.1) is 21.8 Å². The Morgan fingerprint density at radius 2 is 2.00 bits per heavy atom. The quantitative estimate of drug-likeness (QED) is 0.519. The van der Waals surface area contributed by atoms with Crippen molar-refractivity contribution >= 4 is 27.1 Å². The van der Waals surface area contributed by atoms with E-state index in [1.54, 1.807) is 30.3 Å². The number of aromatic nitrogens is 2. The number of rotatable bonds is 2. The van der Waals surface area contributed by atoms with Gasteiger partial charge in [0.2, 0.25) is 0 Å². The Labute approximate surface area is 169 Å². The van der Waals surface area contributed by atoms with Crippen LogP contribution in [0.2, 0.25) is 0 Å². The van der Waals surface area contributed by atoms with Gasteiger partial charge in [0.15, 0.2) is 0 Å². The molecular weight excluding hydrogens is 389 g/mol. The second-order valence-electron chi connectivity index (χ2n) is 6.71. The van der Waals surface area contributed by atoms with Crippen LogP contribution in [-0.2, 0) is 0 Å². The van der Waals surface area contributed by atoms with Crippen molar-refractivity contribution < 1.29 is 4.39 Å². The van der Waals surface area contributed by atoms with Crippen molar-refractivity contribution in [2.45, 2.75) is 32.6 Å². The standard InChI is InChI=1S/C20H12FN3O2S.C2H6/c21-14-9-24-15(7-13(14)12-3-1-2-10(6-12)8-22)16(11-4-5-11)18-17(20(24)26)19(25)23-27-18;1-2/h1-3,6-7,9,11H,4-5H2,(H,23,25);1-2H3. The number of aromatic amines is 1. The van der Waals surface area contributed by atoms with Gasteiger partial charge in [-0.15, -0.1) is 0 Å². The summed E-state index contributed by atoms with van der Waals surface area (Å²) in [5, 5.41) is 9.21. The SMILES string of the molecule is CC.N#Cc1cccc(-c2cc3c(C4CC4)c4s[nH]c(=O)c4c(=O)n3cc2F)c1. The second-order valence-corrected chi connectivity index (χ2v) is 7.53. The molecule has 0 unspecified atom stereocenters. The molecule has 1 aromatic carbocycles. The minimum Gasteiger partial charge on any atom is -0.280 e. The summed E-state index contributed by atoms with van der Waals surface area (Å²) in [6.45, 7) is 4.00. The molecule has 0 spiro atoms. The molecular formula is C22H18FN3O2S. The van der Waals surface area contributed by atoms with Gasteiger partial charge in [0.1, 0.15) is 11.2 Å². The lowest BCUT2D eigenvalue weighted by Gasteiger charge is -2.12. The molecule has 1 N–H and O–H groups in total. The average molecular weight is 407 g/mol. The summed E-state index contributed by atoms with van der Waals surface area (Å²) in [6.07, 6.45) is 3.10. The Bertz CT molecular complexity index is 1400. The summed E-state index contributed by atoms with van der Waals surface area (Å²) in [6, 6.07) is 10.4. The van der Waals surface area contributed by atoms with Crippen LogP contribution in [-0.4, -0.2) is 8.77 Å². The molecule has 1 aliphatic rings. The maximum Gasteiger partial charge on any atom is 0.271 e. The van der Waals surface area contributed by atoms with Crippen molar-refractivity contribution in [2.24, 2.45) is 0 Å². The molecule has 0 atom stereocenters. The van der Waals surface area contributed by atoms with Crippen molar-refractivity contribution in [3.63, 3.8) is 0 Å². The first kappa shape index (κ1) is 19.1. The molecule has 0 amide bonds. The monoisotopic (exact) mass is 407 g/mol. The maximum absolute atomic E-state index is 14.9. The molecule has 0 saturated heterocycles. The Morgan fingerprint density at radius 3 is 2.69 bits per heavy atom. The highest BCUT2D eigenvalue weighted by Crippen LogP contribution is 2.45. The van der Waals surface area contributed by atoms with Crippen LogP contribution in [0, 0.1) is 17.1 Å². The predicted molar refractivity (Wildman–Crippen MR) is 113 cm³/mol. The minimum atomic E-state index is -0.576. The Morgan fingerprint density at radius 1 is 1.24 bits per heavy atom. The summed E-state index contributed by atoms with van der Waals surface area (Å²) >= 11 is 1.16. The molecule has 3 heterocycles. The van der Waals surface area contributed by atoms with E-state index in [-0.39, 0.29) is 11.3 Å². The summed E-state index contributed by atoms with van der Waals surface area (Å²) in [4.78, 5) is 24.9. The van der Waals surface area contributed by atoms with Gasteiger partial charge in [-0.25, -0.2) is 4.39 Å². The number of halogens is 1. The molecule has 146 valence electrons. The van der Waals surface area contributed by atoms with Crippen LogP contribution in [0.25, 0.3) is 26.7 Å². The first-order valence-electron chi connectivity index (χ1n) is 9.48. The van der Waals surface area contributed by atoms with Gasteiger partial charge >= 0.3 is 0 Å². The average Bonchev–Trinajstić information content (AvgIpc) is 3.51. The molecule has 1 saturated carbocycles. The maximum atomic E-state index is 14.9. The molecule has 3 aromatic heterocycles. The molecule has 7 heteroatoms. The first-order chi connectivity index (χ1) is 14.1. The molecule has 1 fully saturated rings. The van der Waals surface area contributed by atoms with E-state index >= 15 is 0 Å². The number of hydrogen-bond acceptors (Lipinski definition) is 4. The largest absolute Gasteiger partial charge is 0.280 e. The molecule has 0 radical (unpaired) electrons. The van der Waals surface area contributed by atoms with E-state index in [4.69, 9.17) is 5.26 Å². The molecule has 0 bridgehead atoms. The number of benzene rings is 1. The second kappa shape index (κ2) is 7.30. The summed E-state index contributed by atoms with van der Waals surface area (Å²) < 4.78 is 19.4. The summed E-state index contributed by atoms with van der Waals surface area (Å²) in [5.74, 6) is -0.314. The Balaban J connectivity index is 0.000000994. The topological polar surface area (TPSA) is 78.1 Å². The minimum absolute atomic E-state index is 0.0954. The zero-order chi connectivity index (χ0) is 20.7. The lowest BCUT2D eigenvalue weighted by atomic mass is 10.0. The van der Waals surface area contributed by atoms with E-state index in [1.165, 1.54) is 4.40 Å². The number of nitrogens with zero attached hydrogens (tertiary/aromatic N) is 2. The van der Waals surface area contributed by atoms with Crippen molar-refractivity contribution in [1.82, 2.24) is 8.77 Å². The van der Waals surface area contributed by atoms with Crippen LogP contribution < -0.4 is 11.1 Å². The van der Waals surface area contributed by atoms with Crippen LogP contribution in [0.1, 0.15) is 43.7 Å². The normalized spacial score (nSPS) is 13.2. The zero-order valence-electron chi connectivity index (χ0n) is 16.0. The number of nitrogens with one attached hydrogen (secondary N) is 1. The lowest BCUT2D eigenvalue weighted by Crippen LogP contribution is -2.20. The van der Waals surface area contributed by atoms with E-state index in [1.807, 2.05) is 13.8 Å². The van der Waals surface area contributed by atoms with E-state index in [2.05, 4.69) is 10.4 Å². The van der Waals surface area contributed by atoms with Crippen molar-refractivity contribution in [3.05, 3.63) is 74.2 Å². The van der Waals surface area contributed by atoms with E-state index < -0.39 is 16.9 Å². The highest BCUT2D eigenvalue weighted by Gasteiger charge is 2.31. The highest BCUT2D eigenvalue weighted by atomic mass is 32.1.